The van der Waals surface area contributed by atoms with E-state index in [0.29, 0.717) is 44.5 Å². The van der Waals surface area contributed by atoms with Crippen LogP contribution in [-0.2, 0) is 4.79 Å². The van der Waals surface area contributed by atoms with Crippen molar-refractivity contribution in [3.8, 4) is 11.5 Å². The number of likely N-dealkylation sites (N-methyl/N-ethyl adjacent to an activating group) is 1. The number of carboxylic acid groups (broad SMARTS) is 1. The van der Waals surface area contributed by atoms with Crippen LogP contribution in [0, 0.1) is 0 Å². The topological polar surface area (TPSA) is 88.4 Å². The molecule has 2 aromatic rings. The second-order valence-corrected chi connectivity index (χ2v) is 7.60. The highest BCUT2D eigenvalue weighted by Gasteiger charge is 2.30. The number of carbonyl (C=O) groups excluding carboxylic acids is 1. The molecule has 1 heterocycles. The lowest BCUT2D eigenvalue weighted by Crippen LogP contribution is -2.23. The molecule has 1 aliphatic rings. The number of nitrogens with zero attached hydrogens (tertiary/aromatic N) is 2. The van der Waals surface area contributed by atoms with E-state index in [1.54, 1.807) is 37.4 Å². The van der Waals surface area contributed by atoms with Crippen LogP contribution in [0.3, 0.4) is 0 Å². The van der Waals surface area contributed by atoms with Gasteiger partial charge >= 0.3 is 5.97 Å². The van der Waals surface area contributed by atoms with Gasteiger partial charge in [0.05, 0.1) is 34.9 Å². The average molecular weight is 447 g/mol. The number of hydrogen-bond acceptors (Lipinski definition) is 6. The summed E-state index contributed by atoms with van der Waals surface area (Å²) in [5.74, 6) is -0.275. The fraction of sp³-hybridized carbons (Fsp3) is 0.190. The zero-order chi connectivity index (χ0) is 21.8. The molecule has 0 aliphatic carbocycles. The SMILES string of the molecule is CCOc1cc(/C=C2\SC(=Nc3ccc(C(=O)O)cc3)N(C)C2=O)cc(Cl)c1OC. The van der Waals surface area contributed by atoms with Crippen LogP contribution in [0.25, 0.3) is 6.08 Å². The maximum absolute atomic E-state index is 12.7. The Morgan fingerprint density at radius 2 is 2.00 bits per heavy atom. The fourth-order valence-electron chi connectivity index (χ4n) is 2.72. The molecule has 9 heteroatoms. The normalized spacial score (nSPS) is 16.4. The van der Waals surface area contributed by atoms with Gasteiger partial charge in [-0.3, -0.25) is 9.69 Å². The number of aliphatic imine (C=N–C) groups is 1. The number of halogens is 1. The predicted octanol–water partition coefficient (Wildman–Crippen LogP) is 4.68. The molecule has 0 unspecified atom stereocenters. The lowest BCUT2D eigenvalue weighted by atomic mass is 10.2. The summed E-state index contributed by atoms with van der Waals surface area (Å²) in [7, 11) is 3.15. The number of benzene rings is 2. The molecule has 0 saturated carbocycles. The van der Waals surface area contributed by atoms with E-state index in [0.717, 1.165) is 0 Å². The Labute approximate surface area is 183 Å². The summed E-state index contributed by atoms with van der Waals surface area (Å²) < 4.78 is 10.9. The molecular formula is C21H19ClN2O5S. The van der Waals surface area contributed by atoms with Crippen molar-refractivity contribution in [1.82, 2.24) is 4.90 Å². The van der Waals surface area contributed by atoms with Gasteiger partial charge in [0, 0.05) is 7.05 Å². The predicted molar refractivity (Wildman–Crippen MR) is 118 cm³/mol. The van der Waals surface area contributed by atoms with Gasteiger partial charge in [-0.25, -0.2) is 9.79 Å². The highest BCUT2D eigenvalue weighted by atomic mass is 35.5. The second kappa shape index (κ2) is 9.23. The largest absolute Gasteiger partial charge is 0.491 e. The smallest absolute Gasteiger partial charge is 0.335 e. The number of amides is 1. The van der Waals surface area contributed by atoms with E-state index < -0.39 is 5.97 Å². The van der Waals surface area contributed by atoms with E-state index in [4.69, 9.17) is 26.2 Å². The highest BCUT2D eigenvalue weighted by molar-refractivity contribution is 8.18. The number of ether oxygens (including phenoxy) is 2. The van der Waals surface area contributed by atoms with Crippen LogP contribution in [0.15, 0.2) is 46.3 Å². The Morgan fingerprint density at radius 3 is 2.60 bits per heavy atom. The molecule has 7 nitrogen and oxygen atoms in total. The lowest BCUT2D eigenvalue weighted by molar-refractivity contribution is -0.121. The van der Waals surface area contributed by atoms with Crippen LogP contribution in [0.1, 0.15) is 22.8 Å². The first kappa shape index (κ1) is 21.7. The number of thioether (sulfide) groups is 1. The van der Waals surface area contributed by atoms with Crippen molar-refractivity contribution in [3.63, 3.8) is 0 Å². The first-order valence-electron chi connectivity index (χ1n) is 8.94. The number of aromatic carboxylic acids is 1. The van der Waals surface area contributed by atoms with E-state index in [-0.39, 0.29) is 11.5 Å². The zero-order valence-electron chi connectivity index (χ0n) is 16.5. The Morgan fingerprint density at radius 1 is 1.30 bits per heavy atom. The molecule has 1 aliphatic heterocycles. The number of carbonyl (C=O) groups is 2. The van der Waals surface area contributed by atoms with Crippen LogP contribution in [0.5, 0.6) is 11.5 Å². The van der Waals surface area contributed by atoms with Gasteiger partial charge in [0.25, 0.3) is 5.91 Å². The Kier molecular flexibility index (Phi) is 6.69. The van der Waals surface area contributed by atoms with Gasteiger partial charge in [-0.2, -0.15) is 0 Å². The molecule has 1 saturated heterocycles. The van der Waals surface area contributed by atoms with E-state index in [1.165, 1.54) is 35.9 Å². The monoisotopic (exact) mass is 446 g/mol. The van der Waals surface area contributed by atoms with E-state index >= 15 is 0 Å². The standard InChI is InChI=1S/C21H19ClN2O5S/c1-4-29-16-10-12(9-15(22)18(16)28-3)11-17-19(25)24(2)21(30-17)23-14-7-5-13(6-8-14)20(26)27/h5-11H,4H2,1-3H3,(H,26,27)/b17-11-,23-21?. The van der Waals surface area contributed by atoms with Crippen LogP contribution in [0.4, 0.5) is 5.69 Å². The maximum atomic E-state index is 12.7. The number of hydrogen-bond donors (Lipinski definition) is 1. The van der Waals surface area contributed by atoms with Crippen LogP contribution >= 0.6 is 23.4 Å². The van der Waals surface area contributed by atoms with Crippen LogP contribution < -0.4 is 9.47 Å². The molecule has 0 aromatic heterocycles. The average Bonchev–Trinajstić information content (AvgIpc) is 2.96. The highest BCUT2D eigenvalue weighted by Crippen LogP contribution is 2.39. The van der Waals surface area contributed by atoms with Gasteiger partial charge in [-0.1, -0.05) is 11.6 Å². The third kappa shape index (κ3) is 4.60. The molecule has 0 atom stereocenters. The number of carboxylic acids is 1. The molecule has 1 fully saturated rings. The summed E-state index contributed by atoms with van der Waals surface area (Å²) in [6.07, 6.45) is 1.72. The molecule has 156 valence electrons. The van der Waals surface area contributed by atoms with Gasteiger partial charge in [-0.05, 0) is 66.7 Å². The van der Waals surface area contributed by atoms with Gasteiger partial charge in [0.15, 0.2) is 16.7 Å². The molecular weight excluding hydrogens is 428 g/mol. The first-order valence-corrected chi connectivity index (χ1v) is 10.1. The lowest BCUT2D eigenvalue weighted by Gasteiger charge is -2.12. The summed E-state index contributed by atoms with van der Waals surface area (Å²) in [5.41, 5.74) is 1.42. The van der Waals surface area contributed by atoms with Crippen molar-refractivity contribution in [2.45, 2.75) is 6.92 Å². The third-order valence-electron chi connectivity index (χ3n) is 4.18. The van der Waals surface area contributed by atoms with Crippen molar-refractivity contribution in [2.75, 3.05) is 20.8 Å². The molecule has 1 amide bonds. The molecule has 0 radical (unpaired) electrons. The summed E-state index contributed by atoms with van der Waals surface area (Å²) >= 11 is 7.51. The van der Waals surface area contributed by atoms with Gasteiger partial charge in [0.1, 0.15) is 0 Å². The van der Waals surface area contributed by atoms with Crippen molar-refractivity contribution in [2.24, 2.45) is 4.99 Å². The second-order valence-electron chi connectivity index (χ2n) is 6.19. The number of amidine groups is 1. The first-order chi connectivity index (χ1) is 14.3. The van der Waals surface area contributed by atoms with Gasteiger partial charge in [0.2, 0.25) is 0 Å². The zero-order valence-corrected chi connectivity index (χ0v) is 18.1. The number of rotatable bonds is 6. The summed E-state index contributed by atoms with van der Waals surface area (Å²) in [6.45, 7) is 2.30. The minimum Gasteiger partial charge on any atom is -0.491 e. The summed E-state index contributed by atoms with van der Waals surface area (Å²) in [6, 6.07) is 9.57. The molecule has 30 heavy (non-hydrogen) atoms. The van der Waals surface area contributed by atoms with Crippen molar-refractivity contribution >= 4 is 52.2 Å². The Balaban J connectivity index is 1.90. The van der Waals surface area contributed by atoms with Crippen molar-refractivity contribution in [1.29, 1.82) is 0 Å². The number of methoxy groups -OCH3 is 1. The minimum absolute atomic E-state index is 0.171. The van der Waals surface area contributed by atoms with Crippen LogP contribution in [-0.4, -0.2) is 47.8 Å². The summed E-state index contributed by atoms with van der Waals surface area (Å²) in [4.78, 5) is 30.0. The molecule has 2 aromatic carbocycles. The van der Waals surface area contributed by atoms with Crippen molar-refractivity contribution < 1.29 is 24.2 Å². The Hall–Kier alpha value is -2.97. The molecule has 0 spiro atoms. The quantitative estimate of drug-likeness (QED) is 0.648. The molecule has 0 bridgehead atoms. The fourth-order valence-corrected chi connectivity index (χ4v) is 4.01. The van der Waals surface area contributed by atoms with Crippen LogP contribution in [0.2, 0.25) is 5.02 Å². The third-order valence-corrected chi connectivity index (χ3v) is 5.52. The Bertz CT molecular complexity index is 1050. The summed E-state index contributed by atoms with van der Waals surface area (Å²) in [5, 5.41) is 9.86. The molecule has 3 rings (SSSR count). The molecule has 1 N–H and O–H groups in total. The van der Waals surface area contributed by atoms with E-state index in [9.17, 15) is 9.59 Å². The van der Waals surface area contributed by atoms with E-state index in [1.807, 2.05) is 6.92 Å². The van der Waals surface area contributed by atoms with E-state index in [2.05, 4.69) is 4.99 Å². The van der Waals surface area contributed by atoms with Crippen molar-refractivity contribution in [3.05, 3.63) is 57.5 Å². The van der Waals surface area contributed by atoms with Gasteiger partial charge in [-0.15, -0.1) is 0 Å². The van der Waals surface area contributed by atoms with Gasteiger partial charge < -0.3 is 14.6 Å². The minimum atomic E-state index is -1.01. The maximum Gasteiger partial charge on any atom is 0.335 e.